The summed E-state index contributed by atoms with van der Waals surface area (Å²) in [5.74, 6) is -0.876. The summed E-state index contributed by atoms with van der Waals surface area (Å²) in [6, 6.07) is 13.8. The largest absolute Gasteiger partial charge is 0.468 e. The molecule has 8 heteroatoms. The highest BCUT2D eigenvalue weighted by molar-refractivity contribution is 9.10. The van der Waals surface area contributed by atoms with E-state index in [2.05, 4.69) is 20.9 Å². The molecule has 0 fully saturated rings. The number of carbonyl (C=O) groups excluding carboxylic acids is 2. The number of carbonyl (C=O) groups is 2. The highest BCUT2D eigenvalue weighted by Crippen LogP contribution is 2.22. The van der Waals surface area contributed by atoms with Crippen LogP contribution in [0.5, 0.6) is 0 Å². The Kier molecular flexibility index (Phi) is 5.30. The van der Waals surface area contributed by atoms with Crippen LogP contribution in [0.25, 0.3) is 10.2 Å². The molecule has 0 aliphatic rings. The zero-order valence-corrected chi connectivity index (χ0v) is 16.0. The lowest BCUT2D eigenvalue weighted by molar-refractivity contribution is -0.141. The summed E-state index contributed by atoms with van der Waals surface area (Å²) < 4.78 is 8.17. The first-order valence-corrected chi connectivity index (χ1v) is 9.07. The molecule has 130 valence electrons. The third-order valence-electron chi connectivity index (χ3n) is 3.62. The molecular formula is C18H12BrN3O3S. The van der Waals surface area contributed by atoms with Crippen molar-refractivity contribution >= 4 is 49.4 Å². The molecule has 0 spiro atoms. The Morgan fingerprint density at radius 3 is 2.65 bits per heavy atom. The molecule has 0 saturated carbocycles. The number of hydrogen-bond donors (Lipinski definition) is 0. The Bertz CT molecular complexity index is 1110. The van der Waals surface area contributed by atoms with Gasteiger partial charge < -0.3 is 9.30 Å². The Morgan fingerprint density at radius 1 is 1.27 bits per heavy atom. The molecule has 0 aliphatic heterocycles. The van der Waals surface area contributed by atoms with Crippen LogP contribution in [0.4, 0.5) is 0 Å². The monoisotopic (exact) mass is 429 g/mol. The Labute approximate surface area is 161 Å². The molecule has 2 aromatic carbocycles. The lowest BCUT2D eigenvalue weighted by Crippen LogP contribution is -2.22. The number of aromatic nitrogens is 1. The molecule has 1 heterocycles. The third-order valence-corrected chi connectivity index (χ3v) is 5.15. The standard InChI is InChI=1S/C18H12BrN3O3S/c1-25-16(23)10-22-14-7-6-13(19)8-15(14)26-18(22)21-17(24)12-4-2-11(9-20)3-5-12/h2-8H,10H2,1H3. The first-order chi connectivity index (χ1) is 12.5. The van der Waals surface area contributed by atoms with Crippen molar-refractivity contribution in [3.8, 4) is 6.07 Å². The van der Waals surface area contributed by atoms with Gasteiger partial charge >= 0.3 is 5.97 Å². The summed E-state index contributed by atoms with van der Waals surface area (Å²) in [6.07, 6.45) is 0. The van der Waals surface area contributed by atoms with Gasteiger partial charge in [0.1, 0.15) is 6.54 Å². The van der Waals surface area contributed by atoms with E-state index >= 15 is 0 Å². The number of benzene rings is 2. The number of thiazole rings is 1. The quantitative estimate of drug-likeness (QED) is 0.598. The summed E-state index contributed by atoms with van der Waals surface area (Å²) >= 11 is 4.72. The van der Waals surface area contributed by atoms with Gasteiger partial charge in [-0.05, 0) is 42.5 Å². The number of esters is 1. The van der Waals surface area contributed by atoms with Gasteiger partial charge in [-0.25, -0.2) is 0 Å². The van der Waals surface area contributed by atoms with Gasteiger partial charge in [-0.3, -0.25) is 9.59 Å². The van der Waals surface area contributed by atoms with E-state index in [0.29, 0.717) is 15.9 Å². The van der Waals surface area contributed by atoms with Crippen molar-refractivity contribution in [2.24, 2.45) is 4.99 Å². The van der Waals surface area contributed by atoms with E-state index in [1.165, 1.54) is 18.4 Å². The number of fused-ring (bicyclic) bond motifs is 1. The summed E-state index contributed by atoms with van der Waals surface area (Å²) in [4.78, 5) is 28.8. The van der Waals surface area contributed by atoms with E-state index in [1.807, 2.05) is 24.3 Å². The van der Waals surface area contributed by atoms with Crippen LogP contribution in [0, 0.1) is 11.3 Å². The third kappa shape index (κ3) is 3.74. The van der Waals surface area contributed by atoms with Gasteiger partial charge in [0.15, 0.2) is 4.80 Å². The smallest absolute Gasteiger partial charge is 0.325 e. The summed E-state index contributed by atoms with van der Waals surface area (Å²) in [5.41, 5.74) is 1.62. The second kappa shape index (κ2) is 7.64. The Morgan fingerprint density at radius 2 is 2.00 bits per heavy atom. The van der Waals surface area contributed by atoms with Crippen molar-refractivity contribution in [1.29, 1.82) is 5.26 Å². The summed E-state index contributed by atoms with van der Waals surface area (Å²) in [7, 11) is 1.31. The summed E-state index contributed by atoms with van der Waals surface area (Å²) in [5, 5.41) is 8.84. The number of hydrogen-bond acceptors (Lipinski definition) is 5. The molecule has 0 bridgehead atoms. The molecule has 1 amide bonds. The molecule has 0 radical (unpaired) electrons. The zero-order valence-electron chi connectivity index (χ0n) is 13.6. The second-order valence-electron chi connectivity index (χ2n) is 5.27. The van der Waals surface area contributed by atoms with Crippen LogP contribution >= 0.6 is 27.3 Å². The fourth-order valence-electron chi connectivity index (χ4n) is 2.32. The molecule has 6 nitrogen and oxygen atoms in total. The van der Waals surface area contributed by atoms with E-state index in [4.69, 9.17) is 10.00 Å². The van der Waals surface area contributed by atoms with Gasteiger partial charge in [0.2, 0.25) is 0 Å². The molecule has 0 N–H and O–H groups in total. The number of halogens is 1. The van der Waals surface area contributed by atoms with E-state index in [0.717, 1.165) is 14.7 Å². The van der Waals surface area contributed by atoms with Crippen LogP contribution in [0.1, 0.15) is 15.9 Å². The van der Waals surface area contributed by atoms with Crippen LogP contribution < -0.4 is 4.80 Å². The van der Waals surface area contributed by atoms with Gasteiger partial charge in [-0.15, -0.1) is 0 Å². The number of amides is 1. The minimum atomic E-state index is -0.446. The van der Waals surface area contributed by atoms with Gasteiger partial charge in [0, 0.05) is 10.0 Å². The second-order valence-corrected chi connectivity index (χ2v) is 7.19. The molecule has 3 rings (SSSR count). The Balaban J connectivity index is 2.10. The molecule has 0 unspecified atom stereocenters. The van der Waals surface area contributed by atoms with Gasteiger partial charge in [0.25, 0.3) is 5.91 Å². The number of ether oxygens (including phenoxy) is 1. The van der Waals surface area contributed by atoms with Crippen LogP contribution in [0.3, 0.4) is 0 Å². The van der Waals surface area contributed by atoms with Crippen molar-refractivity contribution in [3.05, 3.63) is 62.9 Å². The lowest BCUT2D eigenvalue weighted by atomic mass is 10.1. The fourth-order valence-corrected chi connectivity index (χ4v) is 3.90. The highest BCUT2D eigenvalue weighted by Gasteiger charge is 2.13. The Hall–Kier alpha value is -2.76. The maximum atomic E-state index is 12.5. The number of methoxy groups -OCH3 is 1. The predicted molar refractivity (Wildman–Crippen MR) is 101 cm³/mol. The minimum absolute atomic E-state index is 0.0440. The SMILES string of the molecule is COC(=O)Cn1c(=NC(=O)c2ccc(C#N)cc2)sc2cc(Br)ccc21. The molecule has 0 atom stereocenters. The average Bonchev–Trinajstić information content (AvgIpc) is 2.97. The van der Waals surface area contributed by atoms with Crippen molar-refractivity contribution in [2.45, 2.75) is 6.54 Å². The highest BCUT2D eigenvalue weighted by atomic mass is 79.9. The molecule has 1 aromatic heterocycles. The van der Waals surface area contributed by atoms with Crippen molar-refractivity contribution in [3.63, 3.8) is 0 Å². The molecule has 0 aliphatic carbocycles. The first kappa shape index (κ1) is 18.0. The van der Waals surface area contributed by atoms with E-state index in [-0.39, 0.29) is 6.54 Å². The molecule has 26 heavy (non-hydrogen) atoms. The van der Waals surface area contributed by atoms with Gasteiger partial charge in [-0.1, -0.05) is 27.3 Å². The molecule has 0 saturated heterocycles. The van der Waals surface area contributed by atoms with E-state index in [9.17, 15) is 9.59 Å². The normalized spacial score (nSPS) is 11.3. The van der Waals surface area contributed by atoms with Crippen LogP contribution in [0.15, 0.2) is 51.9 Å². The fraction of sp³-hybridized carbons (Fsp3) is 0.111. The minimum Gasteiger partial charge on any atom is -0.468 e. The topological polar surface area (TPSA) is 84.5 Å². The zero-order chi connectivity index (χ0) is 18.7. The van der Waals surface area contributed by atoms with Crippen LogP contribution in [-0.4, -0.2) is 23.6 Å². The predicted octanol–water partition coefficient (Wildman–Crippen LogP) is 3.25. The van der Waals surface area contributed by atoms with Gasteiger partial charge in [0.05, 0.1) is 29.0 Å². The van der Waals surface area contributed by atoms with E-state index < -0.39 is 11.9 Å². The number of nitrogens with zero attached hydrogens (tertiary/aromatic N) is 3. The maximum Gasteiger partial charge on any atom is 0.325 e. The van der Waals surface area contributed by atoms with Crippen molar-refractivity contribution in [1.82, 2.24) is 4.57 Å². The summed E-state index contributed by atoms with van der Waals surface area (Å²) in [6.45, 7) is -0.0440. The van der Waals surface area contributed by atoms with Crippen molar-refractivity contribution < 1.29 is 14.3 Å². The van der Waals surface area contributed by atoms with Crippen molar-refractivity contribution in [2.75, 3.05) is 7.11 Å². The molecule has 3 aromatic rings. The number of rotatable bonds is 3. The lowest BCUT2D eigenvalue weighted by Gasteiger charge is -2.03. The number of nitriles is 1. The van der Waals surface area contributed by atoms with Gasteiger partial charge in [-0.2, -0.15) is 10.3 Å². The van der Waals surface area contributed by atoms with Crippen LogP contribution in [-0.2, 0) is 16.1 Å². The average molecular weight is 430 g/mol. The van der Waals surface area contributed by atoms with Crippen LogP contribution in [0.2, 0.25) is 0 Å². The first-order valence-electron chi connectivity index (χ1n) is 7.47. The van der Waals surface area contributed by atoms with E-state index in [1.54, 1.807) is 28.8 Å². The molecular weight excluding hydrogens is 418 g/mol. The maximum absolute atomic E-state index is 12.5.